The molecule has 0 bridgehead atoms. The second-order valence-corrected chi connectivity index (χ2v) is 12.2. The van der Waals surface area contributed by atoms with E-state index < -0.39 is 33.3 Å². The molecular weight excluding hydrogens is 453 g/mol. The lowest BCUT2D eigenvalue weighted by Crippen LogP contribution is -2.32. The predicted octanol–water partition coefficient (Wildman–Crippen LogP) is 5.40. The number of hydrogen-bond donors (Lipinski definition) is 2. The largest absolute Gasteiger partial charge is 0.497 e. The Kier molecular flexibility index (Phi) is 7.71. The summed E-state index contributed by atoms with van der Waals surface area (Å²) in [5, 5.41) is 20.1. The third-order valence-electron chi connectivity index (χ3n) is 7.81. The van der Waals surface area contributed by atoms with Crippen molar-refractivity contribution in [2.75, 3.05) is 5.75 Å². The molecule has 33 heavy (non-hydrogen) atoms. The van der Waals surface area contributed by atoms with Crippen molar-refractivity contribution >= 4 is 9.84 Å². The highest BCUT2D eigenvalue weighted by Gasteiger charge is 2.47. The molecule has 3 rings (SSSR count). The number of halogens is 3. The summed E-state index contributed by atoms with van der Waals surface area (Å²) in [5.41, 5.74) is -1.23. The monoisotopic (exact) mass is 488 g/mol. The van der Waals surface area contributed by atoms with Crippen molar-refractivity contribution in [3.63, 3.8) is 0 Å². The van der Waals surface area contributed by atoms with Crippen LogP contribution < -0.4 is 0 Å². The molecule has 0 saturated heterocycles. The number of fused-ring (bicyclic) bond motifs is 1. The Morgan fingerprint density at radius 2 is 2.00 bits per heavy atom. The first kappa shape index (κ1) is 26.2. The molecule has 0 unspecified atom stereocenters. The molecule has 0 amide bonds. The molecule has 0 aliphatic heterocycles. The summed E-state index contributed by atoms with van der Waals surface area (Å²) in [6.07, 6.45) is 9.96. The molecule has 8 heteroatoms. The van der Waals surface area contributed by atoms with E-state index >= 15 is 0 Å². The first-order valence-corrected chi connectivity index (χ1v) is 13.4. The Labute approximate surface area is 194 Å². The van der Waals surface area contributed by atoms with Gasteiger partial charge in [-0.1, -0.05) is 49.8 Å². The van der Waals surface area contributed by atoms with Crippen molar-refractivity contribution in [3.05, 3.63) is 47.1 Å². The molecule has 0 aromatic rings. The Morgan fingerprint density at radius 1 is 1.30 bits per heavy atom. The van der Waals surface area contributed by atoms with Crippen LogP contribution in [0.1, 0.15) is 65.2 Å². The zero-order valence-electron chi connectivity index (χ0n) is 19.4. The summed E-state index contributed by atoms with van der Waals surface area (Å²) in [5.74, 6) is -0.551. The van der Waals surface area contributed by atoms with Gasteiger partial charge in [0.2, 0.25) is 9.84 Å². The molecule has 0 radical (unpaired) electrons. The Hall–Kier alpha value is -1.38. The fourth-order valence-corrected chi connectivity index (χ4v) is 6.71. The minimum atomic E-state index is -5.19. The van der Waals surface area contributed by atoms with Gasteiger partial charge in [0.1, 0.15) is 0 Å². The lowest BCUT2D eigenvalue weighted by atomic mass is 9.62. The van der Waals surface area contributed by atoms with Gasteiger partial charge in [-0.2, -0.15) is 13.2 Å². The summed E-state index contributed by atoms with van der Waals surface area (Å²) >= 11 is 0. The molecule has 0 spiro atoms. The van der Waals surface area contributed by atoms with Crippen LogP contribution in [0.2, 0.25) is 0 Å². The Bertz CT molecular complexity index is 961. The van der Waals surface area contributed by atoms with E-state index in [0.29, 0.717) is 30.8 Å². The molecule has 2 fully saturated rings. The molecule has 3 aliphatic rings. The van der Waals surface area contributed by atoms with Crippen molar-refractivity contribution in [1.82, 2.24) is 0 Å². The van der Waals surface area contributed by atoms with Crippen LogP contribution in [0.5, 0.6) is 0 Å². The summed E-state index contributed by atoms with van der Waals surface area (Å²) in [6.45, 7) is 8.16. The van der Waals surface area contributed by atoms with Crippen LogP contribution in [0, 0.1) is 17.3 Å². The standard InChI is InChI=1S/C25H35F3O4S/c1-16(6-5-13-33(31,32)25(26,27)28)21-10-11-22-18(7-4-12-24(21,22)3)8-9-19-14-20(29)15-23(30)17(19)2/h8-10,16,20,22-23,29-30H,2,4-7,11-15H2,1,3H3/b18-8+,19-9-/t16-,20-,22+,23+,24-/m1/s1. The lowest BCUT2D eigenvalue weighted by Gasteiger charge is -2.42. The van der Waals surface area contributed by atoms with Gasteiger partial charge in [0.25, 0.3) is 0 Å². The van der Waals surface area contributed by atoms with Gasteiger partial charge < -0.3 is 10.2 Å². The molecule has 0 heterocycles. The van der Waals surface area contributed by atoms with Crippen LogP contribution in [0.15, 0.2) is 47.1 Å². The van der Waals surface area contributed by atoms with Gasteiger partial charge in [-0.05, 0) is 73.3 Å². The van der Waals surface area contributed by atoms with Crippen LogP contribution in [0.25, 0.3) is 0 Å². The summed E-state index contributed by atoms with van der Waals surface area (Å²) in [4.78, 5) is 0. The van der Waals surface area contributed by atoms with E-state index in [1.54, 1.807) is 0 Å². The molecule has 0 aromatic carbocycles. The second kappa shape index (κ2) is 9.70. The van der Waals surface area contributed by atoms with E-state index in [-0.39, 0.29) is 17.8 Å². The van der Waals surface area contributed by atoms with Crippen LogP contribution in [0.3, 0.4) is 0 Å². The molecule has 0 aromatic heterocycles. The molecule has 2 saturated carbocycles. The maximum atomic E-state index is 12.6. The third-order valence-corrected chi connectivity index (χ3v) is 9.34. The molecule has 186 valence electrons. The Morgan fingerprint density at radius 3 is 2.67 bits per heavy atom. The number of sulfone groups is 1. The van der Waals surface area contributed by atoms with Crippen LogP contribution in [-0.2, 0) is 9.84 Å². The van der Waals surface area contributed by atoms with Gasteiger partial charge in [-0.3, -0.25) is 0 Å². The molecule has 5 atom stereocenters. The summed E-state index contributed by atoms with van der Waals surface area (Å²) < 4.78 is 60.6. The summed E-state index contributed by atoms with van der Waals surface area (Å²) in [7, 11) is -5.07. The zero-order valence-corrected chi connectivity index (χ0v) is 20.2. The third kappa shape index (κ3) is 5.49. The molecule has 3 aliphatic carbocycles. The normalized spacial score (nSPS) is 34.5. The molecular formula is C25H35F3O4S. The first-order chi connectivity index (χ1) is 15.3. The van der Waals surface area contributed by atoms with Crippen LogP contribution in [0.4, 0.5) is 13.2 Å². The zero-order chi connectivity index (χ0) is 24.6. The van der Waals surface area contributed by atoms with Gasteiger partial charge in [-0.25, -0.2) is 8.42 Å². The van der Waals surface area contributed by atoms with Gasteiger partial charge >= 0.3 is 5.51 Å². The lowest BCUT2D eigenvalue weighted by molar-refractivity contribution is -0.0435. The number of alkyl halides is 3. The van der Waals surface area contributed by atoms with E-state index in [0.717, 1.165) is 31.3 Å². The fraction of sp³-hybridized carbons (Fsp3) is 0.680. The highest BCUT2D eigenvalue weighted by Crippen LogP contribution is 2.57. The van der Waals surface area contributed by atoms with E-state index in [1.165, 1.54) is 11.1 Å². The van der Waals surface area contributed by atoms with Gasteiger partial charge in [0.05, 0.1) is 18.0 Å². The smallest absolute Gasteiger partial charge is 0.393 e. The topological polar surface area (TPSA) is 74.6 Å². The Balaban J connectivity index is 1.69. The minimum absolute atomic E-state index is 0.0113. The molecule has 2 N–H and O–H groups in total. The highest BCUT2D eigenvalue weighted by atomic mass is 32.2. The van der Waals surface area contributed by atoms with E-state index in [1.807, 2.05) is 13.0 Å². The summed E-state index contributed by atoms with van der Waals surface area (Å²) in [6, 6.07) is 0. The van der Waals surface area contributed by atoms with Crippen molar-refractivity contribution in [3.8, 4) is 0 Å². The first-order valence-electron chi connectivity index (χ1n) is 11.7. The predicted molar refractivity (Wildman–Crippen MR) is 123 cm³/mol. The number of hydrogen-bond acceptors (Lipinski definition) is 4. The van der Waals surface area contributed by atoms with E-state index in [9.17, 15) is 31.8 Å². The van der Waals surface area contributed by atoms with Gasteiger partial charge in [-0.15, -0.1) is 0 Å². The van der Waals surface area contributed by atoms with Crippen LogP contribution in [-0.4, -0.2) is 42.1 Å². The van der Waals surface area contributed by atoms with Gasteiger partial charge in [0.15, 0.2) is 0 Å². The SMILES string of the molecule is C=C1/C(=C\C=C2/CCC[C@]3(C)C([C@H](C)CCCS(=O)(=O)C(F)(F)F)=CC[C@@H]23)C[C@@H](O)C[C@@H]1O. The number of allylic oxidation sites excluding steroid dienone is 5. The number of rotatable bonds is 6. The number of aliphatic hydroxyl groups excluding tert-OH is 2. The maximum absolute atomic E-state index is 12.6. The highest BCUT2D eigenvalue weighted by molar-refractivity contribution is 7.92. The molecule has 4 nitrogen and oxygen atoms in total. The minimum Gasteiger partial charge on any atom is -0.393 e. The fourth-order valence-electron chi connectivity index (χ4n) is 5.93. The van der Waals surface area contributed by atoms with E-state index in [2.05, 4.69) is 25.7 Å². The number of aliphatic hydroxyl groups is 2. The van der Waals surface area contributed by atoms with Crippen molar-refractivity contribution < 1.29 is 31.8 Å². The average Bonchev–Trinajstić information content (AvgIpc) is 3.06. The second-order valence-electron chi connectivity index (χ2n) is 10.1. The maximum Gasteiger partial charge on any atom is 0.497 e. The van der Waals surface area contributed by atoms with Crippen LogP contribution >= 0.6 is 0 Å². The van der Waals surface area contributed by atoms with Gasteiger partial charge in [0, 0.05) is 6.42 Å². The van der Waals surface area contributed by atoms with E-state index in [4.69, 9.17) is 0 Å². The van der Waals surface area contributed by atoms with Crippen molar-refractivity contribution in [2.24, 2.45) is 17.3 Å². The quantitative estimate of drug-likeness (QED) is 0.491. The van der Waals surface area contributed by atoms with Crippen molar-refractivity contribution in [1.29, 1.82) is 0 Å². The average molecular weight is 489 g/mol. The van der Waals surface area contributed by atoms with Crippen molar-refractivity contribution in [2.45, 2.75) is 82.9 Å².